The third-order valence-electron chi connectivity index (χ3n) is 4.08. The monoisotopic (exact) mass is 281 g/mol. The van der Waals surface area contributed by atoms with Crippen molar-refractivity contribution in [3.63, 3.8) is 0 Å². The molecule has 1 fully saturated rings. The first-order chi connectivity index (χ1) is 10.3. The SMILES string of the molecule is C[C@H]1CN(c2nccnc2C#N)Cc2nnc(C3CC3)n21. The molecule has 0 unspecified atom stereocenters. The zero-order valence-electron chi connectivity index (χ0n) is 11.8. The Morgan fingerprint density at radius 1 is 1.24 bits per heavy atom. The molecule has 0 spiro atoms. The third-order valence-corrected chi connectivity index (χ3v) is 4.08. The minimum absolute atomic E-state index is 0.271. The lowest BCUT2D eigenvalue weighted by atomic mass is 10.2. The van der Waals surface area contributed by atoms with Crippen molar-refractivity contribution in [2.45, 2.75) is 38.3 Å². The van der Waals surface area contributed by atoms with Crippen LogP contribution in [0.2, 0.25) is 0 Å². The van der Waals surface area contributed by atoms with E-state index in [1.54, 1.807) is 12.4 Å². The third kappa shape index (κ3) is 1.95. The van der Waals surface area contributed by atoms with Gasteiger partial charge in [0.25, 0.3) is 0 Å². The van der Waals surface area contributed by atoms with E-state index in [-0.39, 0.29) is 6.04 Å². The molecular weight excluding hydrogens is 266 g/mol. The largest absolute Gasteiger partial charge is 0.345 e. The summed E-state index contributed by atoms with van der Waals surface area (Å²) in [4.78, 5) is 10.5. The number of hydrogen-bond donors (Lipinski definition) is 0. The fourth-order valence-corrected chi connectivity index (χ4v) is 2.98. The maximum Gasteiger partial charge on any atom is 0.183 e. The van der Waals surface area contributed by atoms with Crippen LogP contribution in [-0.4, -0.2) is 31.3 Å². The topological polar surface area (TPSA) is 83.5 Å². The molecule has 3 heterocycles. The van der Waals surface area contributed by atoms with Crippen LogP contribution in [0.4, 0.5) is 5.82 Å². The molecule has 21 heavy (non-hydrogen) atoms. The minimum atomic E-state index is 0.271. The van der Waals surface area contributed by atoms with Crippen LogP contribution in [0.3, 0.4) is 0 Å². The van der Waals surface area contributed by atoms with Crippen molar-refractivity contribution in [3.8, 4) is 6.07 Å². The van der Waals surface area contributed by atoms with Gasteiger partial charge in [-0.05, 0) is 19.8 Å². The normalized spacial score (nSPS) is 21.0. The molecule has 7 heteroatoms. The van der Waals surface area contributed by atoms with E-state index in [2.05, 4.69) is 42.6 Å². The molecule has 1 saturated carbocycles. The van der Waals surface area contributed by atoms with Gasteiger partial charge in [0.15, 0.2) is 17.3 Å². The molecule has 7 nitrogen and oxygen atoms in total. The van der Waals surface area contributed by atoms with Crippen molar-refractivity contribution in [1.82, 2.24) is 24.7 Å². The molecule has 1 atom stereocenters. The summed E-state index contributed by atoms with van der Waals surface area (Å²) in [5.41, 5.74) is 0.361. The van der Waals surface area contributed by atoms with Crippen LogP contribution in [0, 0.1) is 11.3 Å². The van der Waals surface area contributed by atoms with Gasteiger partial charge in [0.2, 0.25) is 0 Å². The first-order valence-electron chi connectivity index (χ1n) is 7.17. The van der Waals surface area contributed by atoms with E-state index in [1.807, 2.05) is 0 Å². The van der Waals surface area contributed by atoms with Gasteiger partial charge in [-0.15, -0.1) is 10.2 Å². The highest BCUT2D eigenvalue weighted by atomic mass is 15.4. The lowest BCUT2D eigenvalue weighted by molar-refractivity contribution is 0.447. The first-order valence-corrected chi connectivity index (χ1v) is 7.17. The van der Waals surface area contributed by atoms with Crippen LogP contribution in [-0.2, 0) is 6.54 Å². The number of anilines is 1. The standard InChI is InChI=1S/C14H15N7/c1-9-7-20(14-11(6-15)16-4-5-17-14)8-12-18-19-13(21(9)12)10-2-3-10/h4-5,9-10H,2-3,7-8H2,1H3/t9-/m0/s1. The van der Waals surface area contributed by atoms with Gasteiger partial charge in [-0.25, -0.2) is 9.97 Å². The predicted octanol–water partition coefficient (Wildman–Crippen LogP) is 1.40. The average Bonchev–Trinajstić information content (AvgIpc) is 3.26. The second-order valence-corrected chi connectivity index (χ2v) is 5.69. The van der Waals surface area contributed by atoms with E-state index in [4.69, 9.17) is 0 Å². The summed E-state index contributed by atoms with van der Waals surface area (Å²) in [6, 6.07) is 2.38. The molecular formula is C14H15N7. The number of fused-ring (bicyclic) bond motifs is 1. The van der Waals surface area contributed by atoms with Gasteiger partial charge in [0.05, 0.1) is 12.6 Å². The fourth-order valence-electron chi connectivity index (χ4n) is 2.98. The zero-order chi connectivity index (χ0) is 14.4. The molecule has 0 amide bonds. The van der Waals surface area contributed by atoms with Crippen molar-refractivity contribution in [3.05, 3.63) is 29.7 Å². The van der Waals surface area contributed by atoms with Crippen molar-refractivity contribution >= 4 is 5.82 Å². The Labute approximate surface area is 122 Å². The summed E-state index contributed by atoms with van der Waals surface area (Å²) in [5.74, 6) is 3.29. The van der Waals surface area contributed by atoms with Crippen LogP contribution in [0.25, 0.3) is 0 Å². The smallest absolute Gasteiger partial charge is 0.183 e. The van der Waals surface area contributed by atoms with Crippen LogP contribution >= 0.6 is 0 Å². The van der Waals surface area contributed by atoms with E-state index < -0.39 is 0 Å². The quantitative estimate of drug-likeness (QED) is 0.827. The summed E-state index contributed by atoms with van der Waals surface area (Å²) >= 11 is 0. The average molecular weight is 281 g/mol. The predicted molar refractivity (Wildman–Crippen MR) is 74.5 cm³/mol. The summed E-state index contributed by atoms with van der Waals surface area (Å²) in [5, 5.41) is 17.9. The summed E-state index contributed by atoms with van der Waals surface area (Å²) in [6.07, 6.45) is 5.60. The minimum Gasteiger partial charge on any atom is -0.345 e. The van der Waals surface area contributed by atoms with Crippen molar-refractivity contribution in [2.24, 2.45) is 0 Å². The van der Waals surface area contributed by atoms with Crippen LogP contribution in [0.1, 0.15) is 49.1 Å². The van der Waals surface area contributed by atoms with Gasteiger partial charge in [-0.3, -0.25) is 0 Å². The Morgan fingerprint density at radius 3 is 2.81 bits per heavy atom. The number of nitriles is 1. The zero-order valence-corrected chi connectivity index (χ0v) is 11.8. The number of rotatable bonds is 2. The number of aromatic nitrogens is 5. The van der Waals surface area contributed by atoms with Gasteiger partial charge < -0.3 is 9.47 Å². The maximum atomic E-state index is 9.18. The van der Waals surface area contributed by atoms with Gasteiger partial charge in [0.1, 0.15) is 11.9 Å². The maximum absolute atomic E-state index is 9.18. The second-order valence-electron chi connectivity index (χ2n) is 5.69. The molecule has 0 aromatic carbocycles. The molecule has 0 saturated heterocycles. The highest BCUT2D eigenvalue weighted by Gasteiger charge is 2.35. The van der Waals surface area contributed by atoms with Crippen LogP contribution < -0.4 is 4.90 Å². The Kier molecular flexibility index (Phi) is 2.64. The first kappa shape index (κ1) is 12.3. The van der Waals surface area contributed by atoms with Crippen molar-refractivity contribution in [2.75, 3.05) is 11.4 Å². The molecule has 4 rings (SSSR count). The Hall–Kier alpha value is -2.49. The van der Waals surface area contributed by atoms with Gasteiger partial charge in [-0.2, -0.15) is 5.26 Å². The summed E-state index contributed by atoms with van der Waals surface area (Å²) < 4.78 is 2.26. The fraction of sp³-hybridized carbons (Fsp3) is 0.500. The Morgan fingerprint density at radius 2 is 2.05 bits per heavy atom. The van der Waals surface area contributed by atoms with Crippen LogP contribution in [0.15, 0.2) is 12.4 Å². The van der Waals surface area contributed by atoms with E-state index in [1.165, 1.54) is 12.8 Å². The summed E-state index contributed by atoms with van der Waals surface area (Å²) in [6.45, 7) is 3.57. The molecule has 1 aliphatic carbocycles. The van der Waals surface area contributed by atoms with Gasteiger partial charge in [-0.1, -0.05) is 0 Å². The van der Waals surface area contributed by atoms with Gasteiger partial charge >= 0.3 is 0 Å². The molecule has 106 valence electrons. The van der Waals surface area contributed by atoms with E-state index in [0.29, 0.717) is 24.0 Å². The second kappa shape index (κ2) is 4.52. The Bertz CT molecular complexity index is 725. The molecule has 0 radical (unpaired) electrons. The lowest BCUT2D eigenvalue weighted by Crippen LogP contribution is -2.38. The van der Waals surface area contributed by atoms with Crippen molar-refractivity contribution in [1.29, 1.82) is 5.26 Å². The molecule has 0 N–H and O–H groups in total. The van der Waals surface area contributed by atoms with Crippen molar-refractivity contribution < 1.29 is 0 Å². The van der Waals surface area contributed by atoms with E-state index >= 15 is 0 Å². The highest BCUT2D eigenvalue weighted by molar-refractivity contribution is 5.50. The molecule has 2 aliphatic rings. The lowest BCUT2D eigenvalue weighted by Gasteiger charge is -2.33. The van der Waals surface area contributed by atoms with Crippen LogP contribution in [0.5, 0.6) is 0 Å². The highest BCUT2D eigenvalue weighted by Crippen LogP contribution is 2.41. The molecule has 1 aliphatic heterocycles. The van der Waals surface area contributed by atoms with E-state index in [9.17, 15) is 5.26 Å². The summed E-state index contributed by atoms with van der Waals surface area (Å²) in [7, 11) is 0. The molecule has 2 aromatic rings. The number of hydrogen-bond acceptors (Lipinski definition) is 6. The van der Waals surface area contributed by atoms with Gasteiger partial charge in [0, 0.05) is 24.9 Å². The van der Waals surface area contributed by atoms with E-state index in [0.717, 1.165) is 18.2 Å². The molecule has 0 bridgehead atoms. The molecule has 2 aromatic heterocycles. The number of nitrogens with zero attached hydrogens (tertiary/aromatic N) is 7. The Balaban J connectivity index is 1.70.